The summed E-state index contributed by atoms with van der Waals surface area (Å²) in [5, 5.41) is 8.01. The molecule has 0 saturated heterocycles. The molecule has 7 nitrogen and oxygen atoms in total. The van der Waals surface area contributed by atoms with Gasteiger partial charge >= 0.3 is 10.1 Å². The van der Waals surface area contributed by atoms with Crippen LogP contribution in [0.25, 0.3) is 0 Å². The van der Waals surface area contributed by atoms with Gasteiger partial charge in [0.05, 0.1) is 6.26 Å². The minimum atomic E-state index is -3.58. The quantitative estimate of drug-likeness (QED) is 0.719. The molecule has 0 amide bonds. The molecular weight excluding hydrogens is 364 g/mol. The maximum absolute atomic E-state index is 11.7. The van der Waals surface area contributed by atoms with E-state index in [1.165, 1.54) is 5.56 Å². The molecule has 2 aliphatic rings. The molecule has 1 aromatic heterocycles. The van der Waals surface area contributed by atoms with Gasteiger partial charge in [-0.1, -0.05) is 25.2 Å². The Labute approximate surface area is 161 Å². The zero-order chi connectivity index (χ0) is 19.4. The third-order valence-corrected chi connectivity index (χ3v) is 5.08. The van der Waals surface area contributed by atoms with Gasteiger partial charge in [-0.05, 0) is 31.8 Å². The van der Waals surface area contributed by atoms with Crippen LogP contribution in [0.15, 0.2) is 35.6 Å². The van der Waals surface area contributed by atoms with Crippen LogP contribution in [0.3, 0.4) is 0 Å². The molecule has 2 heterocycles. The summed E-state index contributed by atoms with van der Waals surface area (Å²) in [5.41, 5.74) is 2.08. The van der Waals surface area contributed by atoms with E-state index in [-0.39, 0.29) is 0 Å². The largest absolute Gasteiger partial charge is 0.383 e. The molecule has 1 aliphatic heterocycles. The van der Waals surface area contributed by atoms with Gasteiger partial charge < -0.3 is 14.4 Å². The number of hydrogen-bond donors (Lipinski definition) is 1. The third kappa shape index (κ3) is 4.74. The minimum Gasteiger partial charge on any atom is -0.383 e. The number of nitrogens with one attached hydrogen (secondary N) is 1. The van der Waals surface area contributed by atoms with E-state index in [1.807, 2.05) is 36.0 Å². The van der Waals surface area contributed by atoms with Crippen LogP contribution in [0.1, 0.15) is 31.7 Å². The lowest BCUT2D eigenvalue weighted by Crippen LogP contribution is -2.30. The fraction of sp³-hybridized carbons (Fsp3) is 0.526. The molecular formula is C19H28N4O3S. The van der Waals surface area contributed by atoms with Crippen molar-refractivity contribution in [2.24, 2.45) is 7.05 Å². The molecule has 0 atom stereocenters. The summed E-state index contributed by atoms with van der Waals surface area (Å²) in [6.45, 7) is 4.49. The maximum Gasteiger partial charge on any atom is 0.306 e. The van der Waals surface area contributed by atoms with Gasteiger partial charge in [0.25, 0.3) is 0 Å². The topological polar surface area (TPSA) is 76.5 Å². The second-order valence-corrected chi connectivity index (χ2v) is 8.51. The van der Waals surface area contributed by atoms with Crippen LogP contribution in [0.2, 0.25) is 0 Å². The normalized spacial score (nSPS) is 16.7. The minimum absolute atomic E-state index is 0.415. The van der Waals surface area contributed by atoms with Crippen molar-refractivity contribution in [2.45, 2.75) is 32.6 Å². The van der Waals surface area contributed by atoms with Crippen LogP contribution >= 0.6 is 0 Å². The van der Waals surface area contributed by atoms with Gasteiger partial charge in [-0.2, -0.15) is 13.5 Å². The number of aromatic nitrogens is 2. The molecule has 1 aromatic rings. The second-order valence-electron chi connectivity index (χ2n) is 6.94. The Morgan fingerprint density at radius 3 is 2.96 bits per heavy atom. The summed E-state index contributed by atoms with van der Waals surface area (Å²) in [4.78, 5) is 2.27. The average Bonchev–Trinajstić information content (AvgIpc) is 2.78. The summed E-state index contributed by atoms with van der Waals surface area (Å²) in [7, 11) is -1.62. The van der Waals surface area contributed by atoms with Crippen LogP contribution in [0.5, 0.6) is 0 Å². The molecule has 8 heteroatoms. The summed E-state index contributed by atoms with van der Waals surface area (Å²) in [5.74, 6) is 2.46. The fourth-order valence-corrected chi connectivity index (χ4v) is 4.07. The van der Waals surface area contributed by atoms with E-state index < -0.39 is 10.1 Å². The molecule has 1 N–H and O–H groups in total. The predicted molar refractivity (Wildman–Crippen MR) is 108 cm³/mol. The van der Waals surface area contributed by atoms with E-state index in [0.717, 1.165) is 55.8 Å². The number of allylic oxidation sites excluding steroid dienone is 4. The van der Waals surface area contributed by atoms with Crippen LogP contribution in [-0.4, -0.2) is 44.1 Å². The SMILES string of the molecule is CCCN(CC1=CC=CCC=C1OS(C)(=O)=O)c1c2c(nn1C)NCCC2. The highest BCUT2D eigenvalue weighted by Crippen LogP contribution is 2.32. The summed E-state index contributed by atoms with van der Waals surface area (Å²) >= 11 is 0. The van der Waals surface area contributed by atoms with E-state index in [4.69, 9.17) is 4.18 Å². The molecule has 0 bridgehead atoms. The standard InChI is InChI=1S/C19H28N4O3S/c1-4-13-23(19-16-10-8-12-20-18(16)21-22(19)2)14-15-9-6-5-7-11-17(15)26-27(3,24)25/h5-6,9,11H,4,7-8,10,12-14H2,1-3H3,(H,20,21). The smallest absolute Gasteiger partial charge is 0.306 e. The zero-order valence-electron chi connectivity index (χ0n) is 16.2. The van der Waals surface area contributed by atoms with Crippen molar-refractivity contribution >= 4 is 21.8 Å². The monoisotopic (exact) mass is 392 g/mol. The van der Waals surface area contributed by atoms with Crippen LogP contribution < -0.4 is 10.2 Å². The summed E-state index contributed by atoms with van der Waals surface area (Å²) in [6.07, 6.45) is 12.5. The van der Waals surface area contributed by atoms with Crippen molar-refractivity contribution in [3.8, 4) is 0 Å². The maximum atomic E-state index is 11.7. The first kappa shape index (κ1) is 19.5. The Balaban J connectivity index is 1.93. The molecule has 0 saturated carbocycles. The zero-order valence-corrected chi connectivity index (χ0v) is 17.1. The van der Waals surface area contributed by atoms with Gasteiger partial charge in [0.1, 0.15) is 11.6 Å². The van der Waals surface area contributed by atoms with Crippen LogP contribution in [-0.2, 0) is 27.8 Å². The Bertz CT molecular complexity index is 881. The van der Waals surface area contributed by atoms with Crippen molar-refractivity contribution in [1.29, 1.82) is 0 Å². The van der Waals surface area contributed by atoms with Gasteiger partial charge in [0, 0.05) is 37.8 Å². The van der Waals surface area contributed by atoms with Crippen molar-refractivity contribution < 1.29 is 12.6 Å². The highest BCUT2D eigenvalue weighted by Gasteiger charge is 2.25. The van der Waals surface area contributed by atoms with Crippen molar-refractivity contribution in [3.05, 3.63) is 41.2 Å². The lowest BCUT2D eigenvalue weighted by Gasteiger charge is -2.28. The molecule has 0 spiro atoms. The first-order valence-electron chi connectivity index (χ1n) is 9.39. The van der Waals surface area contributed by atoms with Gasteiger partial charge in [0.15, 0.2) is 5.82 Å². The first-order chi connectivity index (χ1) is 12.9. The molecule has 1 aliphatic carbocycles. The predicted octanol–water partition coefficient (Wildman–Crippen LogP) is 2.74. The van der Waals surface area contributed by atoms with Crippen LogP contribution in [0, 0.1) is 0 Å². The van der Waals surface area contributed by atoms with E-state index in [1.54, 1.807) is 0 Å². The van der Waals surface area contributed by atoms with Crippen molar-refractivity contribution in [2.75, 3.05) is 36.1 Å². The van der Waals surface area contributed by atoms with Crippen LogP contribution in [0.4, 0.5) is 11.6 Å². The van der Waals surface area contributed by atoms with E-state index in [9.17, 15) is 8.42 Å². The molecule has 148 valence electrons. The Morgan fingerprint density at radius 2 is 2.22 bits per heavy atom. The van der Waals surface area contributed by atoms with Crippen molar-refractivity contribution in [1.82, 2.24) is 9.78 Å². The third-order valence-electron chi connectivity index (χ3n) is 4.59. The number of rotatable bonds is 7. The number of fused-ring (bicyclic) bond motifs is 1. The molecule has 0 unspecified atom stereocenters. The first-order valence-corrected chi connectivity index (χ1v) is 11.2. The van der Waals surface area contributed by atoms with Gasteiger partial charge in [0.2, 0.25) is 0 Å². The molecule has 3 rings (SSSR count). The van der Waals surface area contributed by atoms with E-state index in [0.29, 0.717) is 18.7 Å². The number of aryl methyl sites for hydroxylation is 1. The highest BCUT2D eigenvalue weighted by atomic mass is 32.2. The average molecular weight is 393 g/mol. The Hall–Kier alpha value is -2.22. The molecule has 0 aromatic carbocycles. The Morgan fingerprint density at radius 1 is 1.41 bits per heavy atom. The lowest BCUT2D eigenvalue weighted by atomic mass is 10.1. The summed E-state index contributed by atoms with van der Waals surface area (Å²) in [6, 6.07) is 0. The number of anilines is 2. The Kier molecular flexibility index (Phi) is 5.94. The number of hydrogen-bond acceptors (Lipinski definition) is 6. The molecule has 27 heavy (non-hydrogen) atoms. The van der Waals surface area contributed by atoms with E-state index >= 15 is 0 Å². The van der Waals surface area contributed by atoms with Gasteiger partial charge in [-0.25, -0.2) is 0 Å². The highest BCUT2D eigenvalue weighted by molar-refractivity contribution is 7.86. The second kappa shape index (κ2) is 8.21. The van der Waals surface area contributed by atoms with Gasteiger partial charge in [-0.3, -0.25) is 4.68 Å². The van der Waals surface area contributed by atoms with Gasteiger partial charge in [-0.15, -0.1) is 0 Å². The van der Waals surface area contributed by atoms with Crippen molar-refractivity contribution in [3.63, 3.8) is 0 Å². The molecule has 0 fully saturated rings. The number of nitrogens with zero attached hydrogens (tertiary/aromatic N) is 3. The van der Waals surface area contributed by atoms with E-state index in [2.05, 4.69) is 22.2 Å². The fourth-order valence-electron chi connectivity index (χ4n) is 3.57. The molecule has 0 radical (unpaired) electrons. The lowest BCUT2D eigenvalue weighted by molar-refractivity contribution is 0.416. The summed E-state index contributed by atoms with van der Waals surface area (Å²) < 4.78 is 30.6.